The van der Waals surface area contributed by atoms with Crippen LogP contribution in [0.15, 0.2) is 42.5 Å². The van der Waals surface area contributed by atoms with Crippen LogP contribution < -0.4 is 9.21 Å². The van der Waals surface area contributed by atoms with Crippen molar-refractivity contribution in [3.05, 3.63) is 48.0 Å². The number of aromatic nitrogens is 1. The van der Waals surface area contributed by atoms with Gasteiger partial charge in [0, 0.05) is 56.9 Å². The van der Waals surface area contributed by atoms with Crippen LogP contribution in [0.1, 0.15) is 31.7 Å². The first-order valence-corrected chi connectivity index (χ1v) is 14.7. The normalized spacial score (nSPS) is 20.2. The summed E-state index contributed by atoms with van der Waals surface area (Å²) in [5.74, 6) is 1.13. The van der Waals surface area contributed by atoms with Crippen molar-refractivity contribution in [3.8, 4) is 17.3 Å². The number of aryl methyl sites for hydroxylation is 1. The van der Waals surface area contributed by atoms with Crippen molar-refractivity contribution in [2.75, 3.05) is 54.2 Å². The summed E-state index contributed by atoms with van der Waals surface area (Å²) in [5, 5.41) is 11.1. The predicted molar refractivity (Wildman–Crippen MR) is 145 cm³/mol. The first-order valence-electron chi connectivity index (χ1n) is 13.1. The Balaban J connectivity index is 1.32. The summed E-state index contributed by atoms with van der Waals surface area (Å²) in [6.45, 7) is 8.91. The molecule has 2 aliphatic heterocycles. The molecule has 188 valence electrons. The largest absolute Gasteiger partial charge is 0.369 e. The SMILES string of the molecule is CCn1c(-c2ccc(N3CCCS3(=O)=O)cc2)c(C#N)c2ccc(N3CCN(CC4CC4)CC3)cc21. The van der Waals surface area contributed by atoms with E-state index in [0.717, 1.165) is 60.8 Å². The van der Waals surface area contributed by atoms with E-state index in [1.165, 1.54) is 29.4 Å². The van der Waals surface area contributed by atoms with Gasteiger partial charge in [0.15, 0.2) is 0 Å². The molecular formula is C28H33N5O2S. The Morgan fingerprint density at radius 3 is 2.31 bits per heavy atom. The lowest BCUT2D eigenvalue weighted by molar-refractivity contribution is 0.248. The van der Waals surface area contributed by atoms with Gasteiger partial charge in [-0.05, 0) is 68.0 Å². The fourth-order valence-corrected chi connectivity index (χ4v) is 7.41. The quantitative estimate of drug-likeness (QED) is 0.502. The second-order valence-electron chi connectivity index (χ2n) is 10.3. The molecule has 1 aliphatic carbocycles. The lowest BCUT2D eigenvalue weighted by Gasteiger charge is -2.36. The van der Waals surface area contributed by atoms with Crippen LogP contribution in [0, 0.1) is 17.2 Å². The van der Waals surface area contributed by atoms with Gasteiger partial charge in [-0.25, -0.2) is 8.42 Å². The third-order valence-corrected chi connectivity index (χ3v) is 9.82. The zero-order chi connectivity index (χ0) is 24.9. The smallest absolute Gasteiger partial charge is 0.235 e. The molecule has 0 amide bonds. The predicted octanol–water partition coefficient (Wildman–Crippen LogP) is 4.27. The minimum atomic E-state index is -3.22. The topological polar surface area (TPSA) is 72.6 Å². The molecule has 1 saturated carbocycles. The molecule has 0 unspecified atom stereocenters. The lowest BCUT2D eigenvalue weighted by atomic mass is 10.1. The summed E-state index contributed by atoms with van der Waals surface area (Å²) < 4.78 is 28.4. The number of nitriles is 1. The zero-order valence-electron chi connectivity index (χ0n) is 20.9. The highest BCUT2D eigenvalue weighted by molar-refractivity contribution is 7.93. The van der Waals surface area contributed by atoms with Crippen molar-refractivity contribution >= 4 is 32.3 Å². The van der Waals surface area contributed by atoms with Crippen molar-refractivity contribution < 1.29 is 8.42 Å². The second kappa shape index (κ2) is 9.13. The Kier molecular flexibility index (Phi) is 5.93. The number of benzene rings is 2. The van der Waals surface area contributed by atoms with Crippen LogP contribution in [0.4, 0.5) is 11.4 Å². The summed E-state index contributed by atoms with van der Waals surface area (Å²) in [6.07, 6.45) is 3.45. The molecule has 6 rings (SSSR count). The molecule has 3 aliphatic rings. The minimum absolute atomic E-state index is 0.204. The summed E-state index contributed by atoms with van der Waals surface area (Å²) >= 11 is 0. The Morgan fingerprint density at radius 2 is 1.69 bits per heavy atom. The third-order valence-electron chi connectivity index (χ3n) is 7.95. The Morgan fingerprint density at radius 1 is 0.972 bits per heavy atom. The maximum absolute atomic E-state index is 12.3. The first-order chi connectivity index (χ1) is 17.5. The number of rotatable bonds is 6. The molecule has 0 atom stereocenters. The van der Waals surface area contributed by atoms with Gasteiger partial charge in [0.2, 0.25) is 10.0 Å². The number of piperazine rings is 1. The molecule has 36 heavy (non-hydrogen) atoms. The van der Waals surface area contributed by atoms with E-state index in [1.54, 1.807) is 0 Å². The highest BCUT2D eigenvalue weighted by Crippen LogP contribution is 2.37. The monoisotopic (exact) mass is 503 g/mol. The van der Waals surface area contributed by atoms with Gasteiger partial charge in [-0.15, -0.1) is 0 Å². The summed E-state index contributed by atoms with van der Waals surface area (Å²) in [5.41, 5.74) is 5.49. The number of anilines is 2. The van der Waals surface area contributed by atoms with Crippen LogP contribution in [-0.4, -0.2) is 62.9 Å². The van der Waals surface area contributed by atoms with Gasteiger partial charge >= 0.3 is 0 Å². The highest BCUT2D eigenvalue weighted by atomic mass is 32.2. The van der Waals surface area contributed by atoms with Crippen LogP contribution >= 0.6 is 0 Å². The van der Waals surface area contributed by atoms with Gasteiger partial charge in [-0.3, -0.25) is 9.21 Å². The maximum atomic E-state index is 12.3. The average Bonchev–Trinajstić information content (AvgIpc) is 3.55. The minimum Gasteiger partial charge on any atom is -0.369 e. The van der Waals surface area contributed by atoms with Crippen molar-refractivity contribution in [2.45, 2.75) is 32.7 Å². The Labute approximate surface area is 213 Å². The van der Waals surface area contributed by atoms with Crippen molar-refractivity contribution in [1.82, 2.24) is 9.47 Å². The molecule has 2 saturated heterocycles. The number of hydrogen-bond acceptors (Lipinski definition) is 5. The van der Waals surface area contributed by atoms with E-state index in [1.807, 2.05) is 24.3 Å². The van der Waals surface area contributed by atoms with E-state index in [2.05, 4.69) is 45.6 Å². The Bertz CT molecular complexity index is 1430. The molecule has 0 bridgehead atoms. The molecule has 7 nitrogen and oxygen atoms in total. The van der Waals surface area contributed by atoms with Crippen molar-refractivity contribution in [2.24, 2.45) is 5.92 Å². The molecular weight excluding hydrogens is 470 g/mol. The van der Waals surface area contributed by atoms with E-state index < -0.39 is 10.0 Å². The Hall–Kier alpha value is -3.02. The van der Waals surface area contributed by atoms with Crippen molar-refractivity contribution in [3.63, 3.8) is 0 Å². The van der Waals surface area contributed by atoms with Gasteiger partial charge < -0.3 is 9.47 Å². The summed E-state index contributed by atoms with van der Waals surface area (Å²) in [7, 11) is -3.22. The number of nitrogens with zero attached hydrogens (tertiary/aromatic N) is 5. The number of hydrogen-bond donors (Lipinski definition) is 0. The molecule has 3 fully saturated rings. The standard InChI is InChI=1S/C28H33N5O2S/c1-2-32-27-18-24(31-15-13-30(14-16-31)20-21-4-5-21)10-11-25(27)26(19-29)28(32)22-6-8-23(9-7-22)33-12-3-17-36(33,34)35/h6-11,18,21H,2-5,12-17,20H2,1H3. The van der Waals surface area contributed by atoms with E-state index in [4.69, 9.17) is 0 Å². The van der Waals surface area contributed by atoms with Crippen LogP contribution in [-0.2, 0) is 16.6 Å². The van der Waals surface area contributed by atoms with Crippen molar-refractivity contribution in [1.29, 1.82) is 5.26 Å². The lowest BCUT2D eigenvalue weighted by Crippen LogP contribution is -2.47. The van der Waals surface area contributed by atoms with Gasteiger partial charge in [-0.1, -0.05) is 12.1 Å². The molecule has 0 N–H and O–H groups in total. The van der Waals surface area contributed by atoms with E-state index in [9.17, 15) is 13.7 Å². The second-order valence-corrected chi connectivity index (χ2v) is 12.3. The molecule has 0 radical (unpaired) electrons. The average molecular weight is 504 g/mol. The molecule has 8 heteroatoms. The van der Waals surface area contributed by atoms with Crippen LogP contribution in [0.2, 0.25) is 0 Å². The molecule has 3 aromatic rings. The fraction of sp³-hybridized carbons (Fsp3) is 0.464. The van der Waals surface area contributed by atoms with Gasteiger partial charge in [0.25, 0.3) is 0 Å². The number of fused-ring (bicyclic) bond motifs is 1. The highest BCUT2D eigenvalue weighted by Gasteiger charge is 2.29. The van der Waals surface area contributed by atoms with Gasteiger partial charge in [0.1, 0.15) is 6.07 Å². The van der Waals surface area contributed by atoms with Crippen LogP contribution in [0.25, 0.3) is 22.2 Å². The summed E-state index contributed by atoms with van der Waals surface area (Å²) in [4.78, 5) is 5.07. The zero-order valence-corrected chi connectivity index (χ0v) is 21.7. The van der Waals surface area contributed by atoms with Gasteiger partial charge in [-0.2, -0.15) is 5.26 Å². The summed E-state index contributed by atoms with van der Waals surface area (Å²) in [6, 6.07) is 16.6. The molecule has 3 heterocycles. The maximum Gasteiger partial charge on any atom is 0.235 e. The third kappa shape index (κ3) is 4.14. The van der Waals surface area contributed by atoms with E-state index in [0.29, 0.717) is 24.2 Å². The molecule has 2 aromatic carbocycles. The van der Waals surface area contributed by atoms with E-state index >= 15 is 0 Å². The fourth-order valence-electron chi connectivity index (χ4n) is 5.85. The molecule has 0 spiro atoms. The van der Waals surface area contributed by atoms with E-state index in [-0.39, 0.29) is 5.75 Å². The molecule has 1 aromatic heterocycles. The number of sulfonamides is 1. The first kappa shape index (κ1) is 23.4. The van der Waals surface area contributed by atoms with Crippen LogP contribution in [0.3, 0.4) is 0 Å². The van der Waals surface area contributed by atoms with Gasteiger partial charge in [0.05, 0.1) is 28.2 Å². The van der Waals surface area contributed by atoms with Crippen LogP contribution in [0.5, 0.6) is 0 Å².